The van der Waals surface area contributed by atoms with Crippen molar-refractivity contribution in [3.8, 4) is 11.1 Å². The molecule has 0 aromatic heterocycles. The first kappa shape index (κ1) is 13.8. The fourth-order valence-electron chi connectivity index (χ4n) is 3.01. The second kappa shape index (κ2) is 5.70. The van der Waals surface area contributed by atoms with Crippen molar-refractivity contribution >= 4 is 5.91 Å². The van der Waals surface area contributed by atoms with Gasteiger partial charge in [-0.3, -0.25) is 4.79 Å². The first-order valence-corrected chi connectivity index (χ1v) is 7.36. The summed E-state index contributed by atoms with van der Waals surface area (Å²) >= 11 is 0. The van der Waals surface area contributed by atoms with E-state index in [1.54, 1.807) is 0 Å². The second-order valence-electron chi connectivity index (χ2n) is 5.42. The number of hydrogen-bond donors (Lipinski definition) is 2. The van der Waals surface area contributed by atoms with E-state index in [4.69, 9.17) is 0 Å². The molecular weight excluding hydrogens is 262 g/mol. The quantitative estimate of drug-likeness (QED) is 0.846. The van der Waals surface area contributed by atoms with Gasteiger partial charge >= 0.3 is 0 Å². The van der Waals surface area contributed by atoms with Crippen LogP contribution in [0.1, 0.15) is 36.8 Å². The molecule has 21 heavy (non-hydrogen) atoms. The summed E-state index contributed by atoms with van der Waals surface area (Å²) in [5.74, 6) is -0.0395. The first-order chi connectivity index (χ1) is 10.2. The number of aliphatic hydroxyl groups excluding tert-OH is 1. The van der Waals surface area contributed by atoms with E-state index in [1.807, 2.05) is 31.2 Å². The molecule has 3 heteroatoms. The summed E-state index contributed by atoms with van der Waals surface area (Å²) in [6, 6.07) is 16.5. The van der Waals surface area contributed by atoms with Gasteiger partial charge in [0.2, 0.25) is 5.91 Å². The van der Waals surface area contributed by atoms with E-state index in [1.165, 1.54) is 22.3 Å². The number of nitrogens with one attached hydrogen (secondary N) is 1. The number of amides is 1. The summed E-state index contributed by atoms with van der Waals surface area (Å²) < 4.78 is 0. The highest BCUT2D eigenvalue weighted by Crippen LogP contribution is 2.45. The molecule has 0 saturated carbocycles. The minimum atomic E-state index is -0.760. The zero-order chi connectivity index (χ0) is 14.8. The second-order valence-corrected chi connectivity index (χ2v) is 5.42. The summed E-state index contributed by atoms with van der Waals surface area (Å²) in [5.41, 5.74) is 4.81. The number of fused-ring (bicyclic) bond motifs is 3. The minimum Gasteiger partial charge on any atom is -0.374 e. The monoisotopic (exact) mass is 281 g/mol. The normalized spacial score (nSPS) is 14.4. The van der Waals surface area contributed by atoms with Crippen LogP contribution in [0.25, 0.3) is 11.1 Å². The van der Waals surface area contributed by atoms with Gasteiger partial charge in [-0.05, 0) is 28.7 Å². The highest BCUT2D eigenvalue weighted by Gasteiger charge is 2.29. The Labute approximate surface area is 124 Å². The van der Waals surface area contributed by atoms with E-state index in [2.05, 4.69) is 29.6 Å². The Hall–Kier alpha value is -2.13. The summed E-state index contributed by atoms with van der Waals surface area (Å²) in [5, 5.41) is 12.2. The van der Waals surface area contributed by atoms with Gasteiger partial charge in [0.25, 0.3) is 0 Å². The van der Waals surface area contributed by atoms with Gasteiger partial charge in [-0.15, -0.1) is 0 Å². The Morgan fingerprint density at radius 3 is 2.14 bits per heavy atom. The molecule has 0 fully saturated rings. The Bertz CT molecular complexity index is 620. The smallest absolute Gasteiger partial charge is 0.222 e. The average molecular weight is 281 g/mol. The minimum absolute atomic E-state index is 0.0708. The summed E-state index contributed by atoms with van der Waals surface area (Å²) in [4.78, 5) is 12.1. The molecule has 1 aliphatic rings. The molecule has 3 rings (SSSR count). The first-order valence-electron chi connectivity index (χ1n) is 7.36. The third-order valence-electron chi connectivity index (χ3n) is 4.07. The summed E-state index contributed by atoms with van der Waals surface area (Å²) in [7, 11) is 0. The van der Waals surface area contributed by atoms with Gasteiger partial charge in [-0.25, -0.2) is 0 Å². The van der Waals surface area contributed by atoms with Crippen molar-refractivity contribution in [1.29, 1.82) is 0 Å². The van der Waals surface area contributed by atoms with Crippen LogP contribution in [0.15, 0.2) is 48.5 Å². The van der Waals surface area contributed by atoms with E-state index >= 15 is 0 Å². The molecule has 0 saturated heterocycles. The number of hydrogen-bond acceptors (Lipinski definition) is 2. The van der Waals surface area contributed by atoms with Crippen LogP contribution >= 0.6 is 0 Å². The summed E-state index contributed by atoms with van der Waals surface area (Å²) in [6.07, 6.45) is 0.124. The Morgan fingerprint density at radius 1 is 1.10 bits per heavy atom. The molecule has 0 bridgehead atoms. The molecule has 2 aromatic carbocycles. The van der Waals surface area contributed by atoms with E-state index in [0.29, 0.717) is 12.8 Å². The molecular formula is C18H19NO2. The lowest BCUT2D eigenvalue weighted by Gasteiger charge is -2.15. The van der Waals surface area contributed by atoms with Crippen LogP contribution in [0.4, 0.5) is 0 Å². The van der Waals surface area contributed by atoms with Crippen molar-refractivity contribution < 1.29 is 9.90 Å². The lowest BCUT2D eigenvalue weighted by Crippen LogP contribution is -2.34. The molecule has 108 valence electrons. The van der Waals surface area contributed by atoms with Crippen molar-refractivity contribution in [1.82, 2.24) is 5.32 Å². The fraction of sp³-hybridized carbons (Fsp3) is 0.278. The van der Waals surface area contributed by atoms with Crippen LogP contribution < -0.4 is 5.32 Å². The molecule has 3 nitrogen and oxygen atoms in total. The van der Waals surface area contributed by atoms with Crippen LogP contribution in [0.2, 0.25) is 0 Å². The summed E-state index contributed by atoms with van der Waals surface area (Å²) in [6.45, 7) is 1.84. The Kier molecular flexibility index (Phi) is 3.76. The van der Waals surface area contributed by atoms with Gasteiger partial charge in [-0.1, -0.05) is 55.5 Å². The highest BCUT2D eigenvalue weighted by molar-refractivity contribution is 5.84. The van der Waals surface area contributed by atoms with Crippen LogP contribution in [0, 0.1) is 0 Å². The van der Waals surface area contributed by atoms with Crippen LogP contribution in [0.5, 0.6) is 0 Å². The number of carbonyl (C=O) groups is 1. The average Bonchev–Trinajstić information content (AvgIpc) is 2.82. The van der Waals surface area contributed by atoms with Crippen molar-refractivity contribution in [3.05, 3.63) is 59.7 Å². The van der Waals surface area contributed by atoms with Gasteiger partial charge in [0.15, 0.2) is 0 Å². The van der Waals surface area contributed by atoms with Crippen molar-refractivity contribution in [2.24, 2.45) is 0 Å². The van der Waals surface area contributed by atoms with Gasteiger partial charge in [0.1, 0.15) is 6.23 Å². The fourth-order valence-corrected chi connectivity index (χ4v) is 3.01. The van der Waals surface area contributed by atoms with E-state index in [0.717, 1.165) is 0 Å². The zero-order valence-electron chi connectivity index (χ0n) is 12.0. The lowest BCUT2D eigenvalue weighted by molar-refractivity contribution is -0.124. The Balaban J connectivity index is 1.90. The lowest BCUT2D eigenvalue weighted by atomic mass is 9.93. The zero-order valence-corrected chi connectivity index (χ0v) is 12.0. The molecule has 0 spiro atoms. The molecule has 2 aromatic rings. The van der Waals surface area contributed by atoms with Crippen molar-refractivity contribution in [2.45, 2.75) is 31.9 Å². The van der Waals surface area contributed by atoms with E-state index < -0.39 is 6.23 Å². The number of aliphatic hydroxyl groups is 1. The number of rotatable bonds is 4. The van der Waals surface area contributed by atoms with E-state index in [9.17, 15) is 9.90 Å². The predicted molar refractivity (Wildman–Crippen MR) is 82.8 cm³/mol. The maximum atomic E-state index is 12.1. The van der Waals surface area contributed by atoms with Gasteiger partial charge in [-0.2, -0.15) is 0 Å². The van der Waals surface area contributed by atoms with Crippen LogP contribution in [0.3, 0.4) is 0 Å². The Morgan fingerprint density at radius 2 is 1.62 bits per heavy atom. The third kappa shape index (κ3) is 2.57. The highest BCUT2D eigenvalue weighted by atomic mass is 16.3. The third-order valence-corrected chi connectivity index (χ3v) is 4.07. The number of benzene rings is 2. The van der Waals surface area contributed by atoms with Crippen molar-refractivity contribution in [3.63, 3.8) is 0 Å². The molecule has 0 aliphatic heterocycles. The van der Waals surface area contributed by atoms with Gasteiger partial charge in [0, 0.05) is 12.3 Å². The maximum Gasteiger partial charge on any atom is 0.222 e. The molecule has 0 radical (unpaired) electrons. The molecule has 2 N–H and O–H groups in total. The van der Waals surface area contributed by atoms with E-state index in [-0.39, 0.29) is 11.8 Å². The topological polar surface area (TPSA) is 49.3 Å². The van der Waals surface area contributed by atoms with Gasteiger partial charge in [0.05, 0.1) is 0 Å². The maximum absolute atomic E-state index is 12.1. The van der Waals surface area contributed by atoms with Crippen molar-refractivity contribution in [2.75, 3.05) is 0 Å². The molecule has 0 heterocycles. The van der Waals surface area contributed by atoms with Gasteiger partial charge < -0.3 is 10.4 Å². The molecule has 1 aliphatic carbocycles. The largest absolute Gasteiger partial charge is 0.374 e. The van der Waals surface area contributed by atoms with Crippen LogP contribution in [-0.2, 0) is 4.79 Å². The molecule has 1 amide bonds. The standard InChI is InChI=1S/C18H19NO2/c1-2-17(20)19-18(21)11-16-14-9-5-3-7-12(14)13-8-4-6-10-15(13)16/h3-10,16-17,20H,2,11H2,1H3,(H,19,21). The molecule has 1 unspecified atom stereocenters. The predicted octanol–water partition coefficient (Wildman–Crippen LogP) is 3.03. The molecule has 1 atom stereocenters. The van der Waals surface area contributed by atoms with Crippen LogP contribution in [-0.4, -0.2) is 17.2 Å². The SMILES string of the molecule is CCC(O)NC(=O)CC1c2ccccc2-c2ccccc21. The number of carbonyl (C=O) groups excluding carboxylic acids is 1.